The number of nitrogens with zero attached hydrogens (tertiary/aromatic N) is 1. The zero-order valence-electron chi connectivity index (χ0n) is 16.9. The van der Waals surface area contributed by atoms with Gasteiger partial charge in [-0.2, -0.15) is 13.2 Å². The van der Waals surface area contributed by atoms with Crippen LogP contribution in [-0.2, 0) is 12.7 Å². The van der Waals surface area contributed by atoms with E-state index in [1.807, 2.05) is 71.3 Å². The Hall–Kier alpha value is -3.86. The molecule has 0 atom stereocenters. The second-order valence-electron chi connectivity index (χ2n) is 7.74. The molecule has 2 nitrogen and oxygen atoms in total. The highest BCUT2D eigenvalue weighted by molar-refractivity contribution is 6.21. The van der Waals surface area contributed by atoms with Crippen molar-refractivity contribution in [3.8, 4) is 0 Å². The number of carbonyl (C=O) groups is 1. The van der Waals surface area contributed by atoms with Gasteiger partial charge in [-0.15, -0.1) is 0 Å². The Bertz CT molecular complexity index is 1440. The van der Waals surface area contributed by atoms with E-state index in [4.69, 9.17) is 0 Å². The molecule has 0 saturated heterocycles. The monoisotopic (exact) mass is 429 g/mol. The second kappa shape index (κ2) is 7.68. The van der Waals surface area contributed by atoms with Gasteiger partial charge in [0.1, 0.15) is 0 Å². The molecule has 0 unspecified atom stereocenters. The first-order valence-electron chi connectivity index (χ1n) is 10.2. The molecule has 0 amide bonds. The highest BCUT2D eigenvalue weighted by Gasteiger charge is 2.30. The molecular weight excluding hydrogens is 411 g/mol. The standard InChI is InChI=1S/C27H18F3NO/c28-27(29,30)20-14-12-18(13-15-20)16-31-17-24(22-9-3-4-11-25(22)31)26(32)23-10-5-7-19-6-1-2-8-21(19)23/h1-15,17H,16H2. The van der Waals surface area contributed by atoms with E-state index in [0.717, 1.165) is 39.4 Å². The smallest absolute Gasteiger partial charge is 0.342 e. The minimum absolute atomic E-state index is 0.0795. The summed E-state index contributed by atoms with van der Waals surface area (Å²) in [6, 6.07) is 26.1. The van der Waals surface area contributed by atoms with Crippen LogP contribution in [-0.4, -0.2) is 10.4 Å². The molecule has 1 aromatic heterocycles. The molecule has 0 radical (unpaired) electrons. The number of hydrogen-bond acceptors (Lipinski definition) is 1. The van der Waals surface area contributed by atoms with E-state index in [1.165, 1.54) is 12.1 Å². The summed E-state index contributed by atoms with van der Waals surface area (Å²) in [4.78, 5) is 13.6. The number of para-hydroxylation sites is 1. The molecular formula is C27H18F3NO. The number of hydrogen-bond donors (Lipinski definition) is 0. The summed E-state index contributed by atoms with van der Waals surface area (Å²) in [5.74, 6) is -0.0795. The maximum Gasteiger partial charge on any atom is 0.416 e. The fraction of sp³-hybridized carbons (Fsp3) is 0.0741. The van der Waals surface area contributed by atoms with Gasteiger partial charge in [0.15, 0.2) is 5.78 Å². The van der Waals surface area contributed by atoms with Crippen LogP contribution in [0.15, 0.2) is 97.2 Å². The zero-order valence-corrected chi connectivity index (χ0v) is 16.9. The fourth-order valence-corrected chi connectivity index (χ4v) is 4.12. The summed E-state index contributed by atoms with van der Waals surface area (Å²) in [6.45, 7) is 0.363. The van der Waals surface area contributed by atoms with Gasteiger partial charge in [-0.05, 0) is 34.5 Å². The average Bonchev–Trinajstić information content (AvgIpc) is 3.16. The van der Waals surface area contributed by atoms with Crippen molar-refractivity contribution in [2.75, 3.05) is 0 Å². The third-order valence-electron chi connectivity index (χ3n) is 5.70. The van der Waals surface area contributed by atoms with Crippen LogP contribution < -0.4 is 0 Å². The number of halogens is 3. The number of carbonyl (C=O) groups excluding carboxylic acids is 1. The molecule has 5 rings (SSSR count). The van der Waals surface area contributed by atoms with Gasteiger partial charge in [0, 0.05) is 34.8 Å². The van der Waals surface area contributed by atoms with Crippen molar-refractivity contribution in [3.63, 3.8) is 0 Å². The minimum Gasteiger partial charge on any atom is -0.342 e. The minimum atomic E-state index is -4.36. The first kappa shape index (κ1) is 20.1. The van der Waals surface area contributed by atoms with Crippen molar-refractivity contribution in [1.82, 2.24) is 4.57 Å². The summed E-state index contributed by atoms with van der Waals surface area (Å²) in [5, 5.41) is 2.70. The van der Waals surface area contributed by atoms with Crippen LogP contribution in [0.5, 0.6) is 0 Å². The summed E-state index contributed by atoms with van der Waals surface area (Å²) in [5.41, 5.74) is 2.11. The van der Waals surface area contributed by atoms with Crippen molar-refractivity contribution in [1.29, 1.82) is 0 Å². The van der Waals surface area contributed by atoms with Gasteiger partial charge in [-0.3, -0.25) is 4.79 Å². The lowest BCUT2D eigenvalue weighted by Gasteiger charge is -2.09. The number of fused-ring (bicyclic) bond motifs is 2. The molecule has 0 aliphatic heterocycles. The number of ketones is 1. The van der Waals surface area contributed by atoms with E-state index >= 15 is 0 Å². The van der Waals surface area contributed by atoms with Gasteiger partial charge >= 0.3 is 6.18 Å². The topological polar surface area (TPSA) is 22.0 Å². The maximum atomic E-state index is 13.6. The van der Waals surface area contributed by atoms with Crippen LogP contribution in [0.1, 0.15) is 27.0 Å². The van der Waals surface area contributed by atoms with E-state index in [2.05, 4.69) is 0 Å². The van der Waals surface area contributed by atoms with E-state index in [1.54, 1.807) is 6.20 Å². The molecule has 0 spiro atoms. The molecule has 4 aromatic carbocycles. The molecule has 5 aromatic rings. The SMILES string of the molecule is O=C(c1cccc2ccccc12)c1cn(Cc2ccc(C(F)(F)F)cc2)c2ccccc12. The summed E-state index contributed by atoms with van der Waals surface area (Å²) in [7, 11) is 0. The van der Waals surface area contributed by atoms with Crippen LogP contribution in [0.3, 0.4) is 0 Å². The van der Waals surface area contributed by atoms with Gasteiger partial charge in [0.25, 0.3) is 0 Å². The van der Waals surface area contributed by atoms with Crippen molar-refractivity contribution < 1.29 is 18.0 Å². The van der Waals surface area contributed by atoms with Crippen LogP contribution in [0.2, 0.25) is 0 Å². The second-order valence-corrected chi connectivity index (χ2v) is 7.74. The first-order chi connectivity index (χ1) is 15.4. The molecule has 0 bridgehead atoms. The van der Waals surface area contributed by atoms with Crippen molar-refractivity contribution in [2.45, 2.75) is 12.7 Å². The van der Waals surface area contributed by atoms with Gasteiger partial charge < -0.3 is 4.57 Å². The van der Waals surface area contributed by atoms with E-state index in [9.17, 15) is 18.0 Å². The van der Waals surface area contributed by atoms with Crippen LogP contribution in [0.4, 0.5) is 13.2 Å². The molecule has 5 heteroatoms. The quantitative estimate of drug-likeness (QED) is 0.280. The Morgan fingerprint density at radius 2 is 1.38 bits per heavy atom. The van der Waals surface area contributed by atoms with Crippen LogP contribution >= 0.6 is 0 Å². The lowest BCUT2D eigenvalue weighted by molar-refractivity contribution is -0.137. The molecule has 0 aliphatic carbocycles. The largest absolute Gasteiger partial charge is 0.416 e. The van der Waals surface area contributed by atoms with Crippen LogP contribution in [0.25, 0.3) is 21.7 Å². The number of rotatable bonds is 4. The predicted octanol–water partition coefficient (Wildman–Crippen LogP) is 7.09. The number of alkyl halides is 3. The third kappa shape index (κ3) is 3.56. The van der Waals surface area contributed by atoms with Crippen molar-refractivity contribution >= 4 is 27.5 Å². The maximum absolute atomic E-state index is 13.6. The Kier molecular flexibility index (Phi) is 4.82. The van der Waals surface area contributed by atoms with E-state index < -0.39 is 11.7 Å². The Morgan fingerprint density at radius 3 is 2.12 bits per heavy atom. The highest BCUT2D eigenvalue weighted by Crippen LogP contribution is 2.30. The molecule has 0 saturated carbocycles. The number of aromatic nitrogens is 1. The van der Waals surface area contributed by atoms with E-state index in [0.29, 0.717) is 17.7 Å². The zero-order chi connectivity index (χ0) is 22.3. The third-order valence-corrected chi connectivity index (χ3v) is 5.70. The highest BCUT2D eigenvalue weighted by atomic mass is 19.4. The Labute approximate surface area is 182 Å². The van der Waals surface area contributed by atoms with Crippen LogP contribution in [0, 0.1) is 0 Å². The number of benzene rings is 4. The molecule has 0 N–H and O–H groups in total. The molecule has 158 valence electrons. The van der Waals surface area contributed by atoms with Gasteiger partial charge in [-0.1, -0.05) is 72.8 Å². The predicted molar refractivity (Wildman–Crippen MR) is 120 cm³/mol. The van der Waals surface area contributed by atoms with Gasteiger partial charge in [-0.25, -0.2) is 0 Å². The van der Waals surface area contributed by atoms with Gasteiger partial charge in [0.05, 0.1) is 5.56 Å². The van der Waals surface area contributed by atoms with Gasteiger partial charge in [0.2, 0.25) is 0 Å². The normalized spacial score (nSPS) is 11.8. The molecule has 0 aliphatic rings. The van der Waals surface area contributed by atoms with Crippen molar-refractivity contribution in [3.05, 3.63) is 119 Å². The molecule has 32 heavy (non-hydrogen) atoms. The summed E-state index contributed by atoms with van der Waals surface area (Å²) < 4.78 is 40.5. The molecule has 1 heterocycles. The fourth-order valence-electron chi connectivity index (χ4n) is 4.12. The summed E-state index contributed by atoms with van der Waals surface area (Å²) >= 11 is 0. The lowest BCUT2D eigenvalue weighted by atomic mass is 9.97. The Morgan fingerprint density at radius 1 is 0.719 bits per heavy atom. The average molecular weight is 429 g/mol. The van der Waals surface area contributed by atoms with Crippen molar-refractivity contribution in [2.24, 2.45) is 0 Å². The molecule has 0 fully saturated rings. The Balaban J connectivity index is 1.56. The first-order valence-corrected chi connectivity index (χ1v) is 10.2. The lowest BCUT2D eigenvalue weighted by Crippen LogP contribution is -2.05. The summed E-state index contributed by atoms with van der Waals surface area (Å²) in [6.07, 6.45) is -2.57. The van der Waals surface area contributed by atoms with E-state index in [-0.39, 0.29) is 5.78 Å².